The number of halogens is 1. The average Bonchev–Trinajstić information content (AvgIpc) is 2.79. The highest BCUT2D eigenvalue weighted by Crippen LogP contribution is 2.18. The number of alkyl halides is 1. The molecule has 0 aliphatic heterocycles. The van der Waals surface area contributed by atoms with Crippen LogP contribution < -0.4 is 0 Å². The number of aromatic nitrogens is 3. The van der Waals surface area contributed by atoms with E-state index in [4.69, 9.17) is 11.6 Å². The van der Waals surface area contributed by atoms with Crippen molar-refractivity contribution in [3.05, 3.63) is 23.7 Å². The van der Waals surface area contributed by atoms with Gasteiger partial charge in [0, 0.05) is 19.3 Å². The van der Waals surface area contributed by atoms with Gasteiger partial charge >= 0.3 is 0 Å². The third-order valence-corrected chi connectivity index (χ3v) is 3.81. The molecule has 0 amide bonds. The number of likely N-dealkylation sites (N-methyl/N-ethyl adjacent to an activating group) is 1. The predicted molar refractivity (Wildman–Crippen MR) is 79.6 cm³/mol. The maximum atomic E-state index is 6.01. The highest BCUT2D eigenvalue weighted by atomic mass is 35.5. The second-order valence-corrected chi connectivity index (χ2v) is 4.91. The van der Waals surface area contributed by atoms with Crippen molar-refractivity contribution < 1.29 is 0 Å². The van der Waals surface area contributed by atoms with E-state index >= 15 is 0 Å². The molecular weight excluding hydrogens is 260 g/mol. The van der Waals surface area contributed by atoms with E-state index in [1.54, 1.807) is 0 Å². The van der Waals surface area contributed by atoms with Gasteiger partial charge in [-0.15, -0.1) is 11.6 Å². The Hall–Kier alpha value is -1.13. The van der Waals surface area contributed by atoms with Crippen LogP contribution in [0.25, 0.3) is 11.2 Å². The van der Waals surface area contributed by atoms with Crippen molar-refractivity contribution in [1.29, 1.82) is 0 Å². The van der Waals surface area contributed by atoms with Crippen molar-refractivity contribution >= 4 is 22.8 Å². The monoisotopic (exact) mass is 280 g/mol. The van der Waals surface area contributed by atoms with Crippen molar-refractivity contribution in [3.8, 4) is 0 Å². The van der Waals surface area contributed by atoms with Crippen LogP contribution in [0.5, 0.6) is 0 Å². The highest BCUT2D eigenvalue weighted by Gasteiger charge is 2.13. The first kappa shape index (κ1) is 14.3. The van der Waals surface area contributed by atoms with E-state index in [0.29, 0.717) is 5.88 Å². The van der Waals surface area contributed by atoms with Crippen molar-refractivity contribution in [3.63, 3.8) is 0 Å². The summed E-state index contributed by atoms with van der Waals surface area (Å²) >= 11 is 6.01. The van der Waals surface area contributed by atoms with Gasteiger partial charge in [-0.1, -0.05) is 13.8 Å². The zero-order chi connectivity index (χ0) is 13.8. The van der Waals surface area contributed by atoms with E-state index in [-0.39, 0.29) is 0 Å². The number of imidazole rings is 1. The molecule has 0 aliphatic carbocycles. The lowest BCUT2D eigenvalue weighted by atomic mass is 10.3. The Labute approximate surface area is 119 Å². The third-order valence-electron chi connectivity index (χ3n) is 3.57. The van der Waals surface area contributed by atoms with Crippen molar-refractivity contribution in [2.45, 2.75) is 33.2 Å². The summed E-state index contributed by atoms with van der Waals surface area (Å²) in [6.07, 6.45) is 1.84. The molecule has 0 aromatic carbocycles. The molecule has 0 fully saturated rings. The fourth-order valence-corrected chi connectivity index (χ4v) is 2.51. The van der Waals surface area contributed by atoms with Gasteiger partial charge in [0.15, 0.2) is 5.65 Å². The van der Waals surface area contributed by atoms with Crippen molar-refractivity contribution in [2.24, 2.45) is 0 Å². The molecule has 0 spiro atoms. The second-order valence-electron chi connectivity index (χ2n) is 4.64. The fourth-order valence-electron chi connectivity index (χ4n) is 2.30. The highest BCUT2D eigenvalue weighted by molar-refractivity contribution is 6.16. The van der Waals surface area contributed by atoms with Crippen LogP contribution in [-0.4, -0.2) is 39.1 Å². The Morgan fingerprint density at radius 3 is 2.68 bits per heavy atom. The van der Waals surface area contributed by atoms with Gasteiger partial charge in [0.25, 0.3) is 0 Å². The Bertz CT molecular complexity index is 546. The largest absolute Gasteiger partial charge is 0.310 e. The summed E-state index contributed by atoms with van der Waals surface area (Å²) in [5.41, 5.74) is 3.07. The van der Waals surface area contributed by atoms with Gasteiger partial charge in [-0.2, -0.15) is 0 Å². The quantitative estimate of drug-likeness (QED) is 0.763. The van der Waals surface area contributed by atoms with E-state index in [0.717, 1.165) is 48.7 Å². The molecule has 0 N–H and O–H groups in total. The molecule has 0 aliphatic rings. The minimum Gasteiger partial charge on any atom is -0.310 e. The molecule has 5 heteroatoms. The molecule has 0 unspecified atom stereocenters. The van der Waals surface area contributed by atoms with Gasteiger partial charge in [-0.05, 0) is 31.6 Å². The smallest absolute Gasteiger partial charge is 0.160 e. The van der Waals surface area contributed by atoms with Crippen LogP contribution in [0.2, 0.25) is 0 Å². The third kappa shape index (κ3) is 2.90. The summed E-state index contributed by atoms with van der Waals surface area (Å²) in [5.74, 6) is 1.33. The zero-order valence-corrected chi connectivity index (χ0v) is 12.6. The molecule has 0 atom stereocenters. The van der Waals surface area contributed by atoms with E-state index in [2.05, 4.69) is 40.2 Å². The molecule has 2 aromatic heterocycles. The number of aryl methyl sites for hydroxylation is 1. The van der Waals surface area contributed by atoms with E-state index in [1.807, 2.05) is 12.3 Å². The maximum Gasteiger partial charge on any atom is 0.160 e. The molecule has 19 heavy (non-hydrogen) atoms. The van der Waals surface area contributed by atoms with Crippen LogP contribution >= 0.6 is 11.6 Å². The Morgan fingerprint density at radius 1 is 1.32 bits per heavy atom. The molecule has 0 bridgehead atoms. The van der Waals surface area contributed by atoms with E-state index in [1.165, 1.54) is 0 Å². The van der Waals surface area contributed by atoms with Gasteiger partial charge in [-0.3, -0.25) is 0 Å². The SMILES string of the molecule is CCN(CC)CCn1c(CCl)nc2c(C)ccnc21. The second kappa shape index (κ2) is 6.35. The minimum atomic E-state index is 0.425. The van der Waals surface area contributed by atoms with Gasteiger partial charge in [-0.25, -0.2) is 9.97 Å². The van der Waals surface area contributed by atoms with Crippen molar-refractivity contribution in [1.82, 2.24) is 19.4 Å². The van der Waals surface area contributed by atoms with Gasteiger partial charge in [0.2, 0.25) is 0 Å². The normalized spacial score (nSPS) is 11.6. The molecule has 2 heterocycles. The van der Waals surface area contributed by atoms with Gasteiger partial charge in [0.1, 0.15) is 11.3 Å². The van der Waals surface area contributed by atoms with Crippen LogP contribution in [0.15, 0.2) is 12.3 Å². The lowest BCUT2D eigenvalue weighted by Gasteiger charge is -2.18. The number of fused-ring (bicyclic) bond motifs is 1. The summed E-state index contributed by atoms with van der Waals surface area (Å²) in [7, 11) is 0. The molecular formula is C14H21ClN4. The van der Waals surface area contributed by atoms with Crippen LogP contribution in [0.3, 0.4) is 0 Å². The predicted octanol–water partition coefficient (Wildman–Crippen LogP) is 2.82. The topological polar surface area (TPSA) is 34.0 Å². The number of nitrogens with zero attached hydrogens (tertiary/aromatic N) is 4. The fraction of sp³-hybridized carbons (Fsp3) is 0.571. The first-order chi connectivity index (χ1) is 9.21. The summed E-state index contributed by atoms with van der Waals surface area (Å²) in [6, 6.07) is 1.99. The molecule has 4 nitrogen and oxygen atoms in total. The number of hydrogen-bond acceptors (Lipinski definition) is 3. The molecule has 0 radical (unpaired) electrons. The van der Waals surface area contributed by atoms with Gasteiger partial charge in [0.05, 0.1) is 5.88 Å². The number of rotatable bonds is 6. The Balaban J connectivity index is 2.33. The minimum absolute atomic E-state index is 0.425. The number of hydrogen-bond donors (Lipinski definition) is 0. The first-order valence-electron chi connectivity index (χ1n) is 6.80. The summed E-state index contributed by atoms with van der Waals surface area (Å²) in [6.45, 7) is 10.4. The Morgan fingerprint density at radius 2 is 2.05 bits per heavy atom. The lowest BCUT2D eigenvalue weighted by molar-refractivity contribution is 0.290. The van der Waals surface area contributed by atoms with Crippen LogP contribution in [0.1, 0.15) is 25.2 Å². The summed E-state index contributed by atoms with van der Waals surface area (Å²) in [4.78, 5) is 11.5. The van der Waals surface area contributed by atoms with Crippen molar-refractivity contribution in [2.75, 3.05) is 19.6 Å². The van der Waals surface area contributed by atoms with E-state index < -0.39 is 0 Å². The lowest BCUT2D eigenvalue weighted by Crippen LogP contribution is -2.27. The van der Waals surface area contributed by atoms with E-state index in [9.17, 15) is 0 Å². The molecule has 0 saturated heterocycles. The number of pyridine rings is 1. The van der Waals surface area contributed by atoms with Crippen LogP contribution in [-0.2, 0) is 12.4 Å². The standard InChI is InChI=1S/C14H21ClN4/c1-4-18(5-2)8-9-19-12(10-15)17-13-11(3)6-7-16-14(13)19/h6-7H,4-5,8-10H2,1-3H3. The van der Waals surface area contributed by atoms with Crippen LogP contribution in [0.4, 0.5) is 0 Å². The Kier molecular flexibility index (Phi) is 4.77. The van der Waals surface area contributed by atoms with Crippen LogP contribution in [0, 0.1) is 6.92 Å². The summed E-state index contributed by atoms with van der Waals surface area (Å²) in [5, 5.41) is 0. The summed E-state index contributed by atoms with van der Waals surface area (Å²) < 4.78 is 2.15. The zero-order valence-electron chi connectivity index (χ0n) is 11.9. The molecule has 2 rings (SSSR count). The molecule has 2 aromatic rings. The first-order valence-corrected chi connectivity index (χ1v) is 7.33. The average molecular weight is 281 g/mol. The molecule has 0 saturated carbocycles. The maximum absolute atomic E-state index is 6.01. The van der Waals surface area contributed by atoms with Gasteiger partial charge < -0.3 is 9.47 Å². The molecule has 104 valence electrons.